The molecule has 3 aromatic rings. The SMILES string of the molecule is O=c1[nH]c(CN2CCN(Cc3ccc4c(c3)CCO4)CC2)nc2cc(Cl)ccc12. The van der Waals surface area contributed by atoms with Crippen molar-refractivity contribution in [2.75, 3.05) is 32.8 Å². The van der Waals surface area contributed by atoms with Crippen molar-refractivity contribution in [3.8, 4) is 5.75 Å². The van der Waals surface area contributed by atoms with Gasteiger partial charge in [-0.1, -0.05) is 23.7 Å². The quantitative estimate of drug-likeness (QED) is 0.716. The number of H-pyrrole nitrogens is 1. The normalized spacial score (nSPS) is 17.4. The molecule has 1 aromatic heterocycles. The van der Waals surface area contributed by atoms with Gasteiger partial charge in [-0.15, -0.1) is 0 Å². The van der Waals surface area contributed by atoms with Gasteiger partial charge in [-0.3, -0.25) is 14.6 Å². The number of fused-ring (bicyclic) bond motifs is 2. The molecule has 2 aliphatic rings. The lowest BCUT2D eigenvalue weighted by Gasteiger charge is -2.34. The fourth-order valence-corrected chi connectivity index (χ4v) is 4.32. The third-order valence-corrected chi connectivity index (χ3v) is 5.95. The number of halogens is 1. The lowest BCUT2D eigenvalue weighted by atomic mass is 10.1. The van der Waals surface area contributed by atoms with Crippen molar-refractivity contribution in [2.24, 2.45) is 0 Å². The van der Waals surface area contributed by atoms with Gasteiger partial charge in [0.05, 0.1) is 24.1 Å². The van der Waals surface area contributed by atoms with Crippen LogP contribution >= 0.6 is 11.6 Å². The van der Waals surface area contributed by atoms with Gasteiger partial charge in [0.15, 0.2) is 0 Å². The van der Waals surface area contributed by atoms with Gasteiger partial charge in [0.25, 0.3) is 5.56 Å². The van der Waals surface area contributed by atoms with E-state index in [0.29, 0.717) is 28.3 Å². The fraction of sp³-hybridized carbons (Fsp3) is 0.364. The zero-order valence-corrected chi connectivity index (χ0v) is 16.9. The Morgan fingerprint density at radius 1 is 1.03 bits per heavy atom. The van der Waals surface area contributed by atoms with Crippen LogP contribution in [0.3, 0.4) is 0 Å². The van der Waals surface area contributed by atoms with E-state index >= 15 is 0 Å². The van der Waals surface area contributed by atoms with E-state index in [9.17, 15) is 4.79 Å². The van der Waals surface area contributed by atoms with E-state index in [1.54, 1.807) is 18.2 Å². The molecule has 0 unspecified atom stereocenters. The van der Waals surface area contributed by atoms with Gasteiger partial charge in [-0.2, -0.15) is 0 Å². The highest BCUT2D eigenvalue weighted by Gasteiger charge is 2.19. The number of aromatic amines is 1. The van der Waals surface area contributed by atoms with Crippen LogP contribution in [-0.2, 0) is 19.5 Å². The lowest BCUT2D eigenvalue weighted by Crippen LogP contribution is -2.45. The summed E-state index contributed by atoms with van der Waals surface area (Å²) in [7, 11) is 0. The van der Waals surface area contributed by atoms with Crippen molar-refractivity contribution in [3.63, 3.8) is 0 Å². The van der Waals surface area contributed by atoms with Crippen LogP contribution in [0.2, 0.25) is 5.02 Å². The van der Waals surface area contributed by atoms with Crippen molar-refractivity contribution in [3.05, 3.63) is 68.7 Å². The molecule has 0 amide bonds. The molecule has 1 N–H and O–H groups in total. The Balaban J connectivity index is 1.21. The van der Waals surface area contributed by atoms with E-state index in [4.69, 9.17) is 16.3 Å². The zero-order valence-electron chi connectivity index (χ0n) is 16.2. The Hall–Kier alpha value is -2.41. The van der Waals surface area contributed by atoms with Crippen molar-refractivity contribution >= 4 is 22.5 Å². The van der Waals surface area contributed by atoms with Gasteiger partial charge < -0.3 is 9.72 Å². The Bertz CT molecular complexity index is 1110. The molecule has 0 atom stereocenters. The molecular formula is C22H23ClN4O2. The minimum absolute atomic E-state index is 0.110. The molecule has 150 valence electrons. The summed E-state index contributed by atoms with van der Waals surface area (Å²) in [5.74, 6) is 1.73. The van der Waals surface area contributed by atoms with Gasteiger partial charge in [-0.05, 0) is 35.4 Å². The van der Waals surface area contributed by atoms with E-state index < -0.39 is 0 Å². The molecule has 0 bridgehead atoms. The second-order valence-corrected chi connectivity index (χ2v) is 8.20. The van der Waals surface area contributed by atoms with Gasteiger partial charge in [0.1, 0.15) is 11.6 Å². The molecule has 3 heterocycles. The molecule has 0 radical (unpaired) electrons. The summed E-state index contributed by atoms with van der Waals surface area (Å²) in [4.78, 5) is 24.6. The molecule has 1 saturated heterocycles. The van der Waals surface area contributed by atoms with Crippen LogP contribution in [0, 0.1) is 0 Å². The van der Waals surface area contributed by atoms with E-state index in [1.165, 1.54) is 11.1 Å². The molecule has 6 nitrogen and oxygen atoms in total. The summed E-state index contributed by atoms with van der Waals surface area (Å²) in [5.41, 5.74) is 3.21. The fourth-order valence-electron chi connectivity index (χ4n) is 4.15. The summed E-state index contributed by atoms with van der Waals surface area (Å²) >= 11 is 6.05. The molecule has 2 aliphatic heterocycles. The molecule has 0 spiro atoms. The molecule has 7 heteroatoms. The van der Waals surface area contributed by atoms with E-state index in [0.717, 1.165) is 51.5 Å². The number of ether oxygens (including phenoxy) is 1. The minimum Gasteiger partial charge on any atom is -0.493 e. The number of hydrogen-bond acceptors (Lipinski definition) is 5. The smallest absolute Gasteiger partial charge is 0.258 e. The van der Waals surface area contributed by atoms with Gasteiger partial charge in [0, 0.05) is 44.2 Å². The number of piperazine rings is 1. The summed E-state index contributed by atoms with van der Waals surface area (Å²) < 4.78 is 5.60. The second-order valence-electron chi connectivity index (χ2n) is 7.77. The van der Waals surface area contributed by atoms with Crippen LogP contribution in [0.5, 0.6) is 5.75 Å². The second kappa shape index (κ2) is 7.78. The van der Waals surface area contributed by atoms with Crippen LogP contribution in [0.1, 0.15) is 17.0 Å². The summed E-state index contributed by atoms with van der Waals surface area (Å²) in [6, 6.07) is 11.7. The average Bonchev–Trinajstić information content (AvgIpc) is 3.17. The lowest BCUT2D eigenvalue weighted by molar-refractivity contribution is 0.120. The number of rotatable bonds is 4. The maximum absolute atomic E-state index is 12.3. The largest absolute Gasteiger partial charge is 0.493 e. The number of hydrogen-bond donors (Lipinski definition) is 1. The molecule has 2 aromatic carbocycles. The summed E-state index contributed by atoms with van der Waals surface area (Å²) in [5, 5.41) is 1.16. The Kier molecular flexibility index (Phi) is 4.99. The van der Waals surface area contributed by atoms with Crippen molar-refractivity contribution < 1.29 is 4.74 Å². The van der Waals surface area contributed by atoms with E-state index in [-0.39, 0.29) is 5.56 Å². The first-order valence-corrected chi connectivity index (χ1v) is 10.4. The Morgan fingerprint density at radius 2 is 1.83 bits per heavy atom. The monoisotopic (exact) mass is 410 g/mol. The summed E-state index contributed by atoms with van der Waals surface area (Å²) in [6.45, 7) is 6.30. The highest BCUT2D eigenvalue weighted by molar-refractivity contribution is 6.31. The predicted molar refractivity (Wildman–Crippen MR) is 114 cm³/mol. The van der Waals surface area contributed by atoms with Crippen LogP contribution in [0.15, 0.2) is 41.2 Å². The highest BCUT2D eigenvalue weighted by Crippen LogP contribution is 2.26. The number of aromatic nitrogens is 2. The predicted octanol–water partition coefficient (Wildman–Crippen LogP) is 2.83. The molecule has 1 fully saturated rings. The third kappa shape index (κ3) is 4.01. The summed E-state index contributed by atoms with van der Waals surface area (Å²) in [6.07, 6.45) is 1.01. The highest BCUT2D eigenvalue weighted by atomic mass is 35.5. The number of benzene rings is 2. The van der Waals surface area contributed by atoms with Crippen LogP contribution in [0.25, 0.3) is 10.9 Å². The van der Waals surface area contributed by atoms with Gasteiger partial charge in [0.2, 0.25) is 0 Å². The standard InChI is InChI=1S/C22H23ClN4O2/c23-17-2-3-18-19(12-17)24-21(25-22(18)28)14-27-8-6-26(7-9-27)13-15-1-4-20-16(11-15)5-10-29-20/h1-4,11-12H,5-10,13-14H2,(H,24,25,28). The number of nitrogens with one attached hydrogen (secondary N) is 1. The maximum Gasteiger partial charge on any atom is 0.258 e. The zero-order chi connectivity index (χ0) is 19.8. The third-order valence-electron chi connectivity index (χ3n) is 5.72. The van der Waals surface area contributed by atoms with Crippen LogP contribution < -0.4 is 10.3 Å². The first-order chi connectivity index (χ1) is 14.1. The maximum atomic E-state index is 12.3. The van der Waals surface area contributed by atoms with Crippen molar-refractivity contribution in [1.82, 2.24) is 19.8 Å². The van der Waals surface area contributed by atoms with Gasteiger partial charge in [-0.25, -0.2) is 4.98 Å². The van der Waals surface area contributed by atoms with E-state index in [2.05, 4.69) is 38.0 Å². The van der Waals surface area contributed by atoms with Gasteiger partial charge >= 0.3 is 0 Å². The average molecular weight is 411 g/mol. The van der Waals surface area contributed by atoms with E-state index in [1.807, 2.05) is 0 Å². The molecule has 29 heavy (non-hydrogen) atoms. The van der Waals surface area contributed by atoms with Crippen molar-refractivity contribution in [1.29, 1.82) is 0 Å². The topological polar surface area (TPSA) is 61.5 Å². The van der Waals surface area contributed by atoms with Crippen molar-refractivity contribution in [2.45, 2.75) is 19.5 Å². The molecule has 5 rings (SSSR count). The van der Waals surface area contributed by atoms with Crippen LogP contribution in [0.4, 0.5) is 0 Å². The Labute approximate surface area is 174 Å². The number of nitrogens with zero attached hydrogens (tertiary/aromatic N) is 3. The van der Waals surface area contributed by atoms with Crippen LogP contribution in [-0.4, -0.2) is 52.6 Å². The first-order valence-electron chi connectivity index (χ1n) is 10.0. The Morgan fingerprint density at radius 3 is 2.66 bits per heavy atom. The first kappa shape index (κ1) is 18.6. The molecule has 0 saturated carbocycles. The minimum atomic E-state index is -0.110. The molecular weight excluding hydrogens is 388 g/mol. The molecule has 0 aliphatic carbocycles.